The van der Waals surface area contributed by atoms with Crippen LogP contribution < -0.4 is 10.6 Å². The van der Waals surface area contributed by atoms with Gasteiger partial charge in [-0.15, -0.1) is 11.6 Å². The van der Waals surface area contributed by atoms with E-state index in [1.54, 1.807) is 12.2 Å². The fourth-order valence-electron chi connectivity index (χ4n) is 9.86. The molecule has 2 amide bonds. The van der Waals surface area contributed by atoms with Crippen molar-refractivity contribution in [1.29, 1.82) is 0 Å². The second-order valence-electron chi connectivity index (χ2n) is 16.2. The fourth-order valence-corrected chi connectivity index (χ4v) is 10.0. The van der Waals surface area contributed by atoms with Gasteiger partial charge in [-0.05, 0) is 73.8 Å². The van der Waals surface area contributed by atoms with Crippen molar-refractivity contribution in [3.05, 3.63) is 23.8 Å². The zero-order valence-corrected chi connectivity index (χ0v) is 34.4. The van der Waals surface area contributed by atoms with E-state index in [9.17, 15) is 19.5 Å². The number of carbonyl (C=O) groups is 3. The molecule has 3 N–H and O–H groups in total. The van der Waals surface area contributed by atoms with E-state index in [0.29, 0.717) is 104 Å². The third kappa shape index (κ3) is 13.6. The summed E-state index contributed by atoms with van der Waals surface area (Å²) in [6.07, 6.45) is 13.0. The number of fused-ring (bicyclic) bond motifs is 5. The van der Waals surface area contributed by atoms with E-state index in [0.717, 1.165) is 63.0 Å². The molecule has 4 aliphatic carbocycles. The summed E-state index contributed by atoms with van der Waals surface area (Å²) in [6.45, 7) is 13.0. The third-order valence-corrected chi connectivity index (χ3v) is 12.6. The minimum atomic E-state index is -0.523. The summed E-state index contributed by atoms with van der Waals surface area (Å²) < 4.78 is 33.3. The number of amides is 2. The first-order chi connectivity index (χ1) is 26.6. The van der Waals surface area contributed by atoms with Crippen molar-refractivity contribution < 1.29 is 47.9 Å². The van der Waals surface area contributed by atoms with Crippen LogP contribution in [-0.2, 0) is 42.8 Å². The molecule has 4 aliphatic rings. The molecular formula is C42H69ClN2O10. The minimum Gasteiger partial charge on any atom is -0.393 e. The van der Waals surface area contributed by atoms with Crippen molar-refractivity contribution in [3.63, 3.8) is 0 Å². The van der Waals surface area contributed by atoms with Gasteiger partial charge in [0.15, 0.2) is 5.78 Å². The molecule has 4 rings (SSSR count). The van der Waals surface area contributed by atoms with Gasteiger partial charge in [0.25, 0.3) is 0 Å². The highest BCUT2D eigenvalue weighted by molar-refractivity contribution is 6.17. The van der Waals surface area contributed by atoms with Gasteiger partial charge in [-0.2, -0.15) is 0 Å². The number of aliphatic hydroxyl groups is 1. The van der Waals surface area contributed by atoms with E-state index in [-0.39, 0.29) is 52.6 Å². The lowest BCUT2D eigenvalue weighted by atomic mass is 9.47. The maximum Gasteiger partial charge on any atom is 0.224 e. The smallest absolute Gasteiger partial charge is 0.224 e. The molecule has 0 radical (unpaired) electrons. The van der Waals surface area contributed by atoms with E-state index in [2.05, 4.69) is 31.4 Å². The number of carbonyl (C=O) groups excluding carboxylic acids is 3. The van der Waals surface area contributed by atoms with E-state index >= 15 is 0 Å². The molecule has 8 unspecified atom stereocenters. The fraction of sp³-hybridized carbons (Fsp3) is 0.833. The highest BCUT2D eigenvalue weighted by Gasteiger charge is 2.64. The van der Waals surface area contributed by atoms with E-state index < -0.39 is 6.10 Å². The van der Waals surface area contributed by atoms with Crippen LogP contribution in [0.3, 0.4) is 0 Å². The molecule has 0 bridgehead atoms. The van der Waals surface area contributed by atoms with Crippen molar-refractivity contribution in [2.24, 2.45) is 40.4 Å². The number of hydrogen-bond acceptors (Lipinski definition) is 10. The first-order valence-electron chi connectivity index (χ1n) is 20.8. The molecule has 55 heavy (non-hydrogen) atoms. The molecule has 0 aliphatic heterocycles. The Morgan fingerprint density at radius 3 is 2.05 bits per heavy atom. The maximum atomic E-state index is 13.6. The van der Waals surface area contributed by atoms with Gasteiger partial charge in [0.2, 0.25) is 11.8 Å². The molecule has 0 heterocycles. The van der Waals surface area contributed by atoms with Gasteiger partial charge in [0.1, 0.15) is 0 Å². The quantitative estimate of drug-likeness (QED) is 0.0755. The van der Waals surface area contributed by atoms with Crippen molar-refractivity contribution in [2.75, 3.05) is 98.3 Å². The monoisotopic (exact) mass is 796 g/mol. The summed E-state index contributed by atoms with van der Waals surface area (Å²) in [5.74, 6) is 1.55. The number of ether oxygens (including phenoxy) is 6. The predicted molar refractivity (Wildman–Crippen MR) is 211 cm³/mol. The predicted octanol–water partition coefficient (Wildman–Crippen LogP) is 4.65. The zero-order valence-electron chi connectivity index (χ0n) is 33.7. The number of allylic oxidation sites excluding steroid dienone is 4. The Morgan fingerprint density at radius 1 is 0.818 bits per heavy atom. The van der Waals surface area contributed by atoms with E-state index in [4.69, 9.17) is 40.0 Å². The molecule has 3 saturated carbocycles. The Labute approximate surface area is 334 Å². The molecular weight excluding hydrogens is 728 g/mol. The average molecular weight is 797 g/mol. The Morgan fingerprint density at radius 2 is 1.40 bits per heavy atom. The van der Waals surface area contributed by atoms with Crippen molar-refractivity contribution in [3.8, 4) is 0 Å². The molecule has 0 aromatic rings. The minimum absolute atomic E-state index is 0.0418. The third-order valence-electron chi connectivity index (χ3n) is 12.4. The lowest BCUT2D eigenvalue weighted by molar-refractivity contribution is -0.142. The normalized spacial score (nSPS) is 29.7. The summed E-state index contributed by atoms with van der Waals surface area (Å²) in [7, 11) is 0. The molecule has 3 fully saturated rings. The average Bonchev–Trinajstić information content (AvgIpc) is 3.42. The number of unbranched alkanes of at least 4 members (excludes halogenated alkanes) is 3. The van der Waals surface area contributed by atoms with Crippen LogP contribution in [-0.4, -0.2) is 127 Å². The Balaban J connectivity index is 0.943. The first kappa shape index (κ1) is 45.8. The number of hydrogen-bond donors (Lipinski definition) is 3. The van der Waals surface area contributed by atoms with Gasteiger partial charge in [-0.3, -0.25) is 14.4 Å². The molecule has 0 spiro atoms. The number of aliphatic hydroxyl groups excluding tert-OH is 1. The zero-order chi connectivity index (χ0) is 39.5. The highest BCUT2D eigenvalue weighted by atomic mass is 35.5. The lowest BCUT2D eigenvalue weighted by Gasteiger charge is -2.58. The van der Waals surface area contributed by atoms with Crippen LogP contribution in [0.4, 0.5) is 0 Å². The second-order valence-corrected chi connectivity index (χ2v) is 16.5. The summed E-state index contributed by atoms with van der Waals surface area (Å²) in [5.41, 5.74) is 0.576. The van der Waals surface area contributed by atoms with Gasteiger partial charge < -0.3 is 44.2 Å². The summed E-state index contributed by atoms with van der Waals surface area (Å²) in [4.78, 5) is 37.6. The van der Waals surface area contributed by atoms with E-state index in [1.807, 2.05) is 6.08 Å². The van der Waals surface area contributed by atoms with Crippen molar-refractivity contribution >= 4 is 29.2 Å². The van der Waals surface area contributed by atoms with Crippen molar-refractivity contribution in [1.82, 2.24) is 10.6 Å². The largest absolute Gasteiger partial charge is 0.393 e. The molecule has 0 aromatic heterocycles. The highest BCUT2D eigenvalue weighted by Crippen LogP contribution is 2.67. The molecule has 0 saturated heterocycles. The summed E-state index contributed by atoms with van der Waals surface area (Å²) in [5, 5.41) is 17.6. The molecule has 8 atom stereocenters. The number of alkyl halides is 1. The van der Waals surface area contributed by atoms with Gasteiger partial charge >= 0.3 is 0 Å². The summed E-state index contributed by atoms with van der Waals surface area (Å²) in [6, 6.07) is 0. The van der Waals surface area contributed by atoms with Crippen molar-refractivity contribution in [2.45, 2.75) is 84.7 Å². The van der Waals surface area contributed by atoms with Crippen LogP contribution in [0, 0.1) is 40.4 Å². The Kier molecular flexibility index (Phi) is 20.1. The van der Waals surface area contributed by atoms with Crippen LogP contribution >= 0.6 is 11.6 Å². The lowest BCUT2D eigenvalue weighted by Crippen LogP contribution is -2.57. The van der Waals surface area contributed by atoms with Crippen LogP contribution in [0.5, 0.6) is 0 Å². The van der Waals surface area contributed by atoms with Gasteiger partial charge in [-0.25, -0.2) is 0 Å². The summed E-state index contributed by atoms with van der Waals surface area (Å²) >= 11 is 5.66. The molecule has 12 nitrogen and oxygen atoms in total. The number of nitrogens with one attached hydrogen (secondary N) is 2. The Bertz CT molecular complexity index is 1250. The van der Waals surface area contributed by atoms with Crippen LogP contribution in [0.1, 0.15) is 78.6 Å². The Hall–Kier alpha value is -1.90. The van der Waals surface area contributed by atoms with E-state index in [1.165, 1.54) is 0 Å². The standard InChI is InChI=1S/C42H69ClN2O10/c1-31-28-35-34-9-8-32-29-33(46)10-12-41(32,2)39(34)36(47)30-42(35,3)38(31)40(49)45-15-19-53-23-25-55-27-26-54-24-21-51-17-11-37(48)44-14-18-52-22-20-50-16-7-5-4-6-13-43/h10,12,29,31,34-36,38-39,47H,4-9,11,13-28,30H2,1-3H3,(H,44,48)(H,45,49). The molecule has 314 valence electrons. The molecule has 0 aromatic carbocycles. The van der Waals surface area contributed by atoms with Crippen LogP contribution in [0.15, 0.2) is 23.8 Å². The van der Waals surface area contributed by atoms with Gasteiger partial charge in [-0.1, -0.05) is 45.3 Å². The number of rotatable bonds is 28. The topological polar surface area (TPSA) is 151 Å². The van der Waals surface area contributed by atoms with Gasteiger partial charge in [0, 0.05) is 49.2 Å². The first-order valence-corrected chi connectivity index (χ1v) is 21.3. The van der Waals surface area contributed by atoms with Gasteiger partial charge in [0.05, 0.1) is 78.8 Å². The SMILES string of the molecule is CC1CC2C3CCC4=CC(=O)C=CC4(C)C3C(O)CC2(C)C1C(=O)NCCOCCOCCOCCOCCC(=O)NCCOCCOCCCCCCCl. The van der Waals surface area contributed by atoms with Crippen LogP contribution in [0.2, 0.25) is 0 Å². The van der Waals surface area contributed by atoms with Crippen LogP contribution in [0.25, 0.3) is 0 Å². The molecule has 13 heteroatoms. The maximum absolute atomic E-state index is 13.6. The second kappa shape index (κ2) is 24.1. The number of halogens is 1. The number of ketones is 1.